The van der Waals surface area contributed by atoms with Crippen molar-refractivity contribution in [3.8, 4) is 11.1 Å². The van der Waals surface area contributed by atoms with E-state index in [0.717, 1.165) is 27.8 Å². The lowest BCUT2D eigenvalue weighted by Gasteiger charge is -2.23. The molecule has 1 unspecified atom stereocenters. The minimum Gasteiger partial charge on any atom is -0.481 e. The number of rotatable bonds is 9. The van der Waals surface area contributed by atoms with Gasteiger partial charge in [-0.1, -0.05) is 78.9 Å². The molecule has 0 aliphatic heterocycles. The molecular weight excluding hydrogens is 444 g/mol. The molecule has 2 N–H and O–H groups in total. The summed E-state index contributed by atoms with van der Waals surface area (Å²) in [6, 6.07) is 24.8. The minimum absolute atomic E-state index is 0.00960. The van der Waals surface area contributed by atoms with Crippen molar-refractivity contribution in [3.05, 3.63) is 95.6 Å². The Kier molecular flexibility index (Phi) is 7.45. The largest absolute Gasteiger partial charge is 0.481 e. The molecule has 0 spiro atoms. The van der Waals surface area contributed by atoms with E-state index >= 15 is 0 Å². The molecule has 0 aromatic heterocycles. The summed E-state index contributed by atoms with van der Waals surface area (Å²) in [7, 11) is 1.56. The van der Waals surface area contributed by atoms with Crippen LogP contribution in [0.5, 0.6) is 0 Å². The van der Waals surface area contributed by atoms with Crippen LogP contribution in [0.2, 0.25) is 0 Å². The van der Waals surface area contributed by atoms with Crippen LogP contribution in [0.1, 0.15) is 41.5 Å². The van der Waals surface area contributed by atoms with Crippen LogP contribution in [0.3, 0.4) is 0 Å². The number of nitrogens with one attached hydrogen (secondary N) is 1. The fourth-order valence-electron chi connectivity index (χ4n) is 4.44. The van der Waals surface area contributed by atoms with Gasteiger partial charge in [0.15, 0.2) is 0 Å². The second-order valence-corrected chi connectivity index (χ2v) is 8.60. The molecule has 1 aliphatic rings. The highest BCUT2D eigenvalue weighted by molar-refractivity contribution is 5.80. The zero-order valence-corrected chi connectivity index (χ0v) is 19.5. The number of carboxylic acids is 1. The average Bonchev–Trinajstić information content (AvgIpc) is 3.19. The number of hydrogen-bond acceptors (Lipinski definition) is 4. The van der Waals surface area contributed by atoms with Crippen LogP contribution in [0.4, 0.5) is 4.79 Å². The Morgan fingerprint density at radius 2 is 1.49 bits per heavy atom. The average molecular weight is 473 g/mol. The van der Waals surface area contributed by atoms with Crippen LogP contribution >= 0.6 is 0 Å². The number of ether oxygens (including phenoxy) is 1. The molecule has 1 atom stereocenters. The topological polar surface area (TPSA) is 95.9 Å². The van der Waals surface area contributed by atoms with Crippen molar-refractivity contribution in [3.63, 3.8) is 0 Å². The van der Waals surface area contributed by atoms with Gasteiger partial charge in [0.25, 0.3) is 0 Å². The van der Waals surface area contributed by atoms with Crippen molar-refractivity contribution >= 4 is 18.0 Å². The Hall–Kier alpha value is -4.13. The van der Waals surface area contributed by atoms with E-state index in [4.69, 9.17) is 9.84 Å². The van der Waals surface area contributed by atoms with Gasteiger partial charge in [-0.2, -0.15) is 0 Å². The standard InChI is InChI=1S/C28H28N2O5/c1-30(16-15-27(32)33)26(31)17-25(19-9-3-2-4-10-19)29-28(34)35-18-24-22-13-7-5-11-20(22)21-12-6-8-14-23(21)24/h2-14,24-25H,15-18H2,1H3,(H,29,34)(H,32,33). The van der Waals surface area contributed by atoms with Gasteiger partial charge in [-0.3, -0.25) is 9.59 Å². The van der Waals surface area contributed by atoms with Gasteiger partial charge in [0.1, 0.15) is 6.61 Å². The maximum absolute atomic E-state index is 12.8. The first-order valence-electron chi connectivity index (χ1n) is 11.6. The number of aliphatic carboxylic acids is 1. The number of hydrogen-bond donors (Lipinski definition) is 2. The van der Waals surface area contributed by atoms with Crippen LogP contribution in [0.25, 0.3) is 11.1 Å². The van der Waals surface area contributed by atoms with Crippen molar-refractivity contribution in [2.24, 2.45) is 0 Å². The van der Waals surface area contributed by atoms with Gasteiger partial charge in [0.05, 0.1) is 18.9 Å². The lowest BCUT2D eigenvalue weighted by Crippen LogP contribution is -2.36. The van der Waals surface area contributed by atoms with Crippen LogP contribution < -0.4 is 5.32 Å². The summed E-state index contributed by atoms with van der Waals surface area (Å²) in [6.07, 6.45) is -0.760. The zero-order chi connectivity index (χ0) is 24.8. The van der Waals surface area contributed by atoms with Gasteiger partial charge >= 0.3 is 12.1 Å². The highest BCUT2D eigenvalue weighted by atomic mass is 16.5. The molecule has 7 heteroatoms. The predicted molar refractivity (Wildman–Crippen MR) is 132 cm³/mol. The Morgan fingerprint density at radius 1 is 0.914 bits per heavy atom. The molecule has 4 rings (SSSR count). The van der Waals surface area contributed by atoms with Gasteiger partial charge in [-0.05, 0) is 27.8 Å². The second-order valence-electron chi connectivity index (χ2n) is 8.60. The van der Waals surface area contributed by atoms with E-state index < -0.39 is 18.1 Å². The Balaban J connectivity index is 1.43. The third-order valence-electron chi connectivity index (χ3n) is 6.30. The lowest BCUT2D eigenvalue weighted by molar-refractivity contribution is -0.138. The monoisotopic (exact) mass is 472 g/mol. The lowest BCUT2D eigenvalue weighted by atomic mass is 9.98. The number of fused-ring (bicyclic) bond motifs is 3. The fourth-order valence-corrected chi connectivity index (χ4v) is 4.44. The number of benzene rings is 3. The summed E-state index contributed by atoms with van der Waals surface area (Å²) in [5.74, 6) is -1.30. The molecule has 35 heavy (non-hydrogen) atoms. The van der Waals surface area contributed by atoms with Crippen molar-refractivity contribution in [2.45, 2.75) is 24.8 Å². The van der Waals surface area contributed by atoms with Gasteiger partial charge in [-0.15, -0.1) is 0 Å². The smallest absolute Gasteiger partial charge is 0.407 e. The van der Waals surface area contributed by atoms with Gasteiger partial charge in [-0.25, -0.2) is 4.79 Å². The Bertz CT molecular complexity index is 1170. The molecule has 0 radical (unpaired) electrons. The van der Waals surface area contributed by atoms with Crippen LogP contribution in [0.15, 0.2) is 78.9 Å². The number of nitrogens with zero attached hydrogens (tertiary/aromatic N) is 1. The van der Waals surface area contributed by atoms with E-state index in [1.807, 2.05) is 54.6 Å². The Labute approximate surface area is 204 Å². The highest BCUT2D eigenvalue weighted by Crippen LogP contribution is 2.44. The van der Waals surface area contributed by atoms with Gasteiger partial charge in [0.2, 0.25) is 5.91 Å². The second kappa shape index (κ2) is 10.9. The molecule has 0 saturated heterocycles. The summed E-state index contributed by atoms with van der Waals surface area (Å²) >= 11 is 0. The quantitative estimate of drug-likeness (QED) is 0.475. The van der Waals surface area contributed by atoms with Crippen molar-refractivity contribution in [1.82, 2.24) is 10.2 Å². The van der Waals surface area contributed by atoms with E-state index in [9.17, 15) is 14.4 Å². The van der Waals surface area contributed by atoms with Crippen molar-refractivity contribution in [1.29, 1.82) is 0 Å². The first-order valence-corrected chi connectivity index (χ1v) is 11.6. The highest BCUT2D eigenvalue weighted by Gasteiger charge is 2.29. The summed E-state index contributed by atoms with van der Waals surface area (Å²) in [6.45, 7) is 0.272. The number of amides is 2. The van der Waals surface area contributed by atoms with Gasteiger partial charge in [0, 0.05) is 19.5 Å². The first kappa shape index (κ1) is 24.0. The molecule has 0 saturated carbocycles. The number of carbonyl (C=O) groups is 3. The van der Waals surface area contributed by atoms with E-state index in [1.54, 1.807) is 7.05 Å². The molecule has 3 aromatic carbocycles. The summed E-state index contributed by atoms with van der Waals surface area (Å²) in [4.78, 5) is 37.7. The van der Waals surface area contributed by atoms with Crippen molar-refractivity contribution < 1.29 is 24.2 Å². The van der Waals surface area contributed by atoms with E-state index in [-0.39, 0.29) is 37.8 Å². The molecule has 7 nitrogen and oxygen atoms in total. The number of carbonyl (C=O) groups excluding carboxylic acids is 2. The number of carboxylic acid groups (broad SMARTS) is 1. The molecule has 3 aromatic rings. The van der Waals surface area contributed by atoms with Crippen molar-refractivity contribution in [2.75, 3.05) is 20.2 Å². The third kappa shape index (κ3) is 5.69. The summed E-state index contributed by atoms with van der Waals surface area (Å²) in [5, 5.41) is 11.7. The molecule has 2 amide bonds. The molecule has 0 heterocycles. The normalized spacial score (nSPS) is 12.8. The number of alkyl carbamates (subject to hydrolysis) is 1. The molecule has 1 aliphatic carbocycles. The Morgan fingerprint density at radius 3 is 2.09 bits per heavy atom. The SMILES string of the molecule is CN(CCC(=O)O)C(=O)CC(NC(=O)OCC1c2ccccc2-c2ccccc21)c1ccccc1. The maximum atomic E-state index is 12.8. The van der Waals surface area contributed by atoms with Gasteiger partial charge < -0.3 is 20.1 Å². The summed E-state index contributed by atoms with van der Waals surface area (Å²) < 4.78 is 5.66. The fraction of sp³-hybridized carbons (Fsp3) is 0.250. The van der Waals surface area contributed by atoms with Crippen LogP contribution in [-0.4, -0.2) is 48.2 Å². The maximum Gasteiger partial charge on any atom is 0.407 e. The van der Waals surface area contributed by atoms with E-state index in [1.165, 1.54) is 4.90 Å². The zero-order valence-electron chi connectivity index (χ0n) is 19.5. The molecule has 0 bridgehead atoms. The minimum atomic E-state index is -0.971. The van der Waals surface area contributed by atoms with Crippen LogP contribution in [-0.2, 0) is 14.3 Å². The molecule has 0 fully saturated rings. The van der Waals surface area contributed by atoms with E-state index in [2.05, 4.69) is 29.6 Å². The third-order valence-corrected chi connectivity index (χ3v) is 6.30. The molecular formula is C28H28N2O5. The van der Waals surface area contributed by atoms with E-state index in [0.29, 0.717) is 0 Å². The van der Waals surface area contributed by atoms with Crippen LogP contribution in [0, 0.1) is 0 Å². The summed E-state index contributed by atoms with van der Waals surface area (Å²) in [5.41, 5.74) is 5.30. The first-order chi connectivity index (χ1) is 16.9. The molecule has 180 valence electrons. The predicted octanol–water partition coefficient (Wildman–Crippen LogP) is 4.59.